The number of carbonyl (C=O) groups is 6. The van der Waals surface area contributed by atoms with E-state index in [1.54, 1.807) is 110 Å². The van der Waals surface area contributed by atoms with Crippen LogP contribution in [0.25, 0.3) is 5.65 Å². The zero-order valence-corrected chi connectivity index (χ0v) is 37.7. The van der Waals surface area contributed by atoms with Gasteiger partial charge in [-0.25, -0.2) is 10.0 Å². The van der Waals surface area contributed by atoms with Gasteiger partial charge >= 0.3 is 0 Å². The summed E-state index contributed by atoms with van der Waals surface area (Å²) in [6.07, 6.45) is 8.76. The second-order valence-electron chi connectivity index (χ2n) is 17.2. The lowest BCUT2D eigenvalue weighted by molar-refractivity contribution is -0.123. The van der Waals surface area contributed by atoms with E-state index in [0.29, 0.717) is 54.6 Å². The van der Waals surface area contributed by atoms with Gasteiger partial charge in [-0.2, -0.15) is 0 Å². The molecule has 0 N–H and O–H groups in total. The molecule has 14 heteroatoms. The lowest BCUT2D eigenvalue weighted by atomic mass is 9.96. The summed E-state index contributed by atoms with van der Waals surface area (Å²) in [7, 11) is 2.98. The van der Waals surface area contributed by atoms with Crippen molar-refractivity contribution in [3.05, 3.63) is 176 Å². The van der Waals surface area contributed by atoms with Crippen molar-refractivity contribution >= 4 is 63.9 Å². The van der Waals surface area contributed by atoms with Crippen LogP contribution in [0.1, 0.15) is 109 Å². The van der Waals surface area contributed by atoms with E-state index in [9.17, 15) is 28.8 Å². The summed E-state index contributed by atoms with van der Waals surface area (Å²) in [4.78, 5) is 91.4. The molecule has 2 aliphatic carbocycles. The largest absolute Gasteiger partial charge is 0.319 e. The molecule has 0 spiro atoms. The number of amides is 3. The van der Waals surface area contributed by atoms with Gasteiger partial charge in [-0.05, 0) is 122 Å². The topological polar surface area (TPSA) is 139 Å². The van der Waals surface area contributed by atoms with Crippen LogP contribution in [0.4, 0.5) is 0 Å². The van der Waals surface area contributed by atoms with E-state index in [1.807, 2.05) is 40.9 Å². The van der Waals surface area contributed by atoms with Crippen molar-refractivity contribution in [3.63, 3.8) is 0 Å². The van der Waals surface area contributed by atoms with Gasteiger partial charge in [-0.1, -0.05) is 59.6 Å². The molecule has 2 aromatic heterocycles. The van der Waals surface area contributed by atoms with E-state index in [2.05, 4.69) is 4.98 Å². The third-order valence-electron chi connectivity index (χ3n) is 13.4. The molecule has 0 bridgehead atoms. The van der Waals surface area contributed by atoms with Crippen molar-refractivity contribution in [2.24, 2.45) is 0 Å². The smallest absolute Gasteiger partial charge is 0.277 e. The van der Waals surface area contributed by atoms with Gasteiger partial charge in [0.15, 0.2) is 17.3 Å². The molecule has 0 saturated heterocycles. The quantitative estimate of drug-likeness (QED) is 0.110. The minimum absolute atomic E-state index is 0.00904. The number of aromatic nitrogens is 2. The predicted octanol–water partition coefficient (Wildman–Crippen LogP) is 8.48. The number of Topliss-reactive ketones (excluding diaryl/α,β-unsaturated/α-hetero) is 2. The average molecular weight is 911 g/mol. The molecular weight excluding hydrogens is 865 g/mol. The Hall–Kier alpha value is -6.47. The highest BCUT2D eigenvalue weighted by atomic mass is 35.5. The summed E-state index contributed by atoms with van der Waals surface area (Å²) < 4.78 is 1.81. The predicted molar refractivity (Wildman–Crippen MR) is 244 cm³/mol. The first-order chi connectivity index (χ1) is 31.2. The third kappa shape index (κ3) is 7.73. The number of hydrogen-bond donors (Lipinski definition) is 0. The summed E-state index contributed by atoms with van der Waals surface area (Å²) in [6.45, 7) is 3.59. The maximum atomic E-state index is 13.7. The molecule has 4 aliphatic rings. The van der Waals surface area contributed by atoms with Gasteiger partial charge in [0.1, 0.15) is 5.65 Å². The van der Waals surface area contributed by atoms with Crippen molar-refractivity contribution in [3.8, 4) is 0 Å². The second kappa shape index (κ2) is 16.8. The molecule has 2 fully saturated rings. The van der Waals surface area contributed by atoms with Gasteiger partial charge in [-0.3, -0.25) is 33.6 Å². The van der Waals surface area contributed by atoms with Crippen LogP contribution in [0.5, 0.6) is 0 Å². The lowest BCUT2D eigenvalue weighted by Crippen LogP contribution is -2.48. The van der Waals surface area contributed by atoms with Crippen molar-refractivity contribution < 1.29 is 33.6 Å². The van der Waals surface area contributed by atoms with Crippen LogP contribution in [0.3, 0.4) is 0 Å². The van der Waals surface area contributed by atoms with Crippen LogP contribution in [0.2, 0.25) is 10.0 Å². The first-order valence-electron chi connectivity index (χ1n) is 21.5. The van der Waals surface area contributed by atoms with Crippen molar-refractivity contribution in [2.75, 3.05) is 14.2 Å². The molecule has 10 rings (SSSR count). The number of rotatable bonds is 8. The van der Waals surface area contributed by atoms with Crippen LogP contribution in [0, 0.1) is 0 Å². The highest BCUT2D eigenvalue weighted by Crippen LogP contribution is 2.54. The fourth-order valence-electron chi connectivity index (χ4n) is 9.51. The summed E-state index contributed by atoms with van der Waals surface area (Å²) >= 11 is 12.2. The average Bonchev–Trinajstić information content (AvgIpc) is 4.24. The van der Waals surface area contributed by atoms with Crippen molar-refractivity contribution in [2.45, 2.75) is 75.5 Å². The van der Waals surface area contributed by atoms with Crippen LogP contribution < -0.4 is 0 Å². The number of carbonyl (C=O) groups excluding carboxylic acids is 6. The minimum atomic E-state index is -0.560. The molecule has 6 aromatic rings. The van der Waals surface area contributed by atoms with Gasteiger partial charge in [0.25, 0.3) is 17.7 Å². The van der Waals surface area contributed by atoms with Gasteiger partial charge in [-0.15, -0.1) is 0 Å². The Morgan fingerprint density at radius 1 is 0.677 bits per heavy atom. The van der Waals surface area contributed by atoms with E-state index in [4.69, 9.17) is 28.0 Å². The first-order valence-corrected chi connectivity index (χ1v) is 22.2. The maximum Gasteiger partial charge on any atom is 0.277 e. The van der Waals surface area contributed by atoms with Gasteiger partial charge in [0.05, 0.1) is 35.8 Å². The second-order valence-corrected chi connectivity index (χ2v) is 18.1. The Balaban J connectivity index is 0.000000166. The van der Waals surface area contributed by atoms with E-state index in [0.717, 1.165) is 41.9 Å². The number of hydroxylamine groups is 2. The highest BCUT2D eigenvalue weighted by Gasteiger charge is 2.56. The standard InChI is InChI=1S/C28H22ClN3O3.C23H23ClN2O4/c1-17-24(33)16-19-15-21(29)8-9-22(19)27(35)32(17)28(10-11-28)20-6-4-18(5-7-20)25(34)23-3-2-13-31-14-12-30-26(23)31;1-14-20(27)13-16-12-18(24)8-9-19(16)22(29)26(14)23(10-11-23)17-6-4-15(5-7-17)21(28)25(2)30-3/h2-9,12-15,17H,10-11,16H2,1H3;4-9,12,14H,10-11,13H2,1-3H3. The number of ketones is 3. The Morgan fingerprint density at radius 3 is 1.62 bits per heavy atom. The Kier molecular flexibility index (Phi) is 11.3. The SMILES string of the molecule is CC1C(=O)Cc2cc(Cl)ccc2C(=O)N1C1(c2ccc(C(=O)c3cccn4ccnc34)cc2)CC1.CON(C)C(=O)c1ccc(C2(N3C(=O)c4ccc(Cl)cc4CC(=O)C3C)CC2)cc1. The molecule has 3 amide bonds. The molecule has 4 aromatic carbocycles. The van der Waals surface area contributed by atoms with E-state index in [-0.39, 0.29) is 47.9 Å². The minimum Gasteiger partial charge on any atom is -0.319 e. The molecule has 2 saturated carbocycles. The zero-order chi connectivity index (χ0) is 45.9. The monoisotopic (exact) mass is 909 g/mol. The van der Waals surface area contributed by atoms with E-state index < -0.39 is 23.2 Å². The zero-order valence-electron chi connectivity index (χ0n) is 36.2. The summed E-state index contributed by atoms with van der Waals surface area (Å²) in [5.41, 5.74) is 5.33. The van der Waals surface area contributed by atoms with Crippen molar-refractivity contribution in [1.82, 2.24) is 24.2 Å². The summed E-state index contributed by atoms with van der Waals surface area (Å²) in [6, 6.07) is 27.3. The number of nitrogens with zero attached hydrogens (tertiary/aromatic N) is 5. The molecule has 0 radical (unpaired) electrons. The number of pyridine rings is 1. The van der Waals surface area contributed by atoms with Gasteiger partial charge < -0.3 is 14.2 Å². The first kappa shape index (κ1) is 43.8. The van der Waals surface area contributed by atoms with Crippen molar-refractivity contribution in [1.29, 1.82) is 0 Å². The molecule has 2 unspecified atom stereocenters. The molecule has 330 valence electrons. The normalized spacial score (nSPS) is 19.4. The Morgan fingerprint density at radius 2 is 1.15 bits per heavy atom. The summed E-state index contributed by atoms with van der Waals surface area (Å²) in [5, 5.41) is 2.18. The summed E-state index contributed by atoms with van der Waals surface area (Å²) in [5.74, 6) is -0.697. The molecule has 65 heavy (non-hydrogen) atoms. The molecule has 4 heterocycles. The maximum absolute atomic E-state index is 13.7. The van der Waals surface area contributed by atoms with Crippen LogP contribution >= 0.6 is 23.2 Å². The van der Waals surface area contributed by atoms with E-state index in [1.165, 1.54) is 7.11 Å². The highest BCUT2D eigenvalue weighted by molar-refractivity contribution is 6.31. The van der Waals surface area contributed by atoms with Gasteiger partial charge in [0, 0.05) is 70.8 Å². The number of fused-ring (bicyclic) bond motifs is 3. The van der Waals surface area contributed by atoms with Crippen LogP contribution in [-0.4, -0.2) is 85.6 Å². The fourth-order valence-corrected chi connectivity index (χ4v) is 9.90. The van der Waals surface area contributed by atoms with E-state index >= 15 is 0 Å². The number of hydrogen-bond acceptors (Lipinski definition) is 8. The lowest BCUT2D eigenvalue weighted by Gasteiger charge is -2.36. The molecular formula is C51H45Cl2N5O7. The molecule has 12 nitrogen and oxygen atoms in total. The van der Waals surface area contributed by atoms with Gasteiger partial charge in [0.2, 0.25) is 0 Å². The number of halogens is 2. The molecule has 2 atom stereocenters. The Bertz CT molecular complexity index is 2940. The fraction of sp³-hybridized carbons (Fsp3) is 0.275. The van der Waals surface area contributed by atoms with Crippen LogP contribution in [-0.2, 0) is 38.3 Å². The number of benzene rings is 4. The number of imidazole rings is 1. The third-order valence-corrected chi connectivity index (χ3v) is 13.9. The van der Waals surface area contributed by atoms with Crippen LogP contribution in [0.15, 0.2) is 116 Å². The molecule has 2 aliphatic heterocycles. The Labute approximate surface area is 385 Å².